The lowest BCUT2D eigenvalue weighted by Crippen LogP contribution is -1.99. The fourth-order valence-corrected chi connectivity index (χ4v) is 2.86. The van der Waals surface area contributed by atoms with Crippen molar-refractivity contribution in [2.24, 2.45) is 0 Å². The summed E-state index contributed by atoms with van der Waals surface area (Å²) in [5, 5.41) is 1.39. The Morgan fingerprint density at radius 3 is 2.93 bits per heavy atom. The Labute approximate surface area is 84.2 Å². The SMILES string of the molecule is CCc1csc2ncc(S(=O)(=O)F)n12. The highest BCUT2D eigenvalue weighted by Gasteiger charge is 2.20. The first-order valence-corrected chi connectivity index (χ1v) is 6.19. The van der Waals surface area contributed by atoms with Gasteiger partial charge in [0.15, 0.2) is 9.99 Å². The summed E-state index contributed by atoms with van der Waals surface area (Å²) in [5.74, 6) is 0. The summed E-state index contributed by atoms with van der Waals surface area (Å²) in [6.07, 6.45) is 1.68. The van der Waals surface area contributed by atoms with E-state index in [-0.39, 0.29) is 5.03 Å². The van der Waals surface area contributed by atoms with E-state index in [2.05, 4.69) is 4.98 Å². The van der Waals surface area contributed by atoms with Gasteiger partial charge in [-0.3, -0.25) is 4.40 Å². The Hall–Kier alpha value is -0.950. The molecule has 0 bridgehead atoms. The van der Waals surface area contributed by atoms with Crippen molar-refractivity contribution in [3.8, 4) is 0 Å². The molecule has 0 aromatic carbocycles. The Morgan fingerprint density at radius 1 is 1.64 bits per heavy atom. The molecule has 4 nitrogen and oxygen atoms in total. The molecule has 0 aliphatic heterocycles. The zero-order valence-electron chi connectivity index (χ0n) is 7.27. The van der Waals surface area contributed by atoms with E-state index in [0.29, 0.717) is 11.4 Å². The van der Waals surface area contributed by atoms with Gasteiger partial charge >= 0.3 is 10.2 Å². The lowest BCUT2D eigenvalue weighted by molar-refractivity contribution is 0.546. The van der Waals surface area contributed by atoms with Gasteiger partial charge in [0.05, 0.1) is 6.20 Å². The van der Waals surface area contributed by atoms with Crippen molar-refractivity contribution < 1.29 is 12.3 Å². The number of fused-ring (bicyclic) bond motifs is 1. The van der Waals surface area contributed by atoms with Crippen LogP contribution in [0.15, 0.2) is 16.6 Å². The van der Waals surface area contributed by atoms with Crippen LogP contribution in [0.25, 0.3) is 4.96 Å². The first kappa shape index (κ1) is 9.60. The number of nitrogens with zero attached hydrogens (tertiary/aromatic N) is 2. The van der Waals surface area contributed by atoms with Crippen LogP contribution in [0.4, 0.5) is 3.89 Å². The molecule has 0 fully saturated rings. The second-order valence-corrected chi connectivity index (χ2v) is 4.86. The normalized spacial score (nSPS) is 12.4. The third-order valence-electron chi connectivity index (χ3n) is 1.90. The summed E-state index contributed by atoms with van der Waals surface area (Å²) < 4.78 is 35.6. The maximum Gasteiger partial charge on any atom is 0.349 e. The monoisotopic (exact) mass is 234 g/mol. The molecule has 0 radical (unpaired) electrons. The first-order valence-electron chi connectivity index (χ1n) is 3.92. The van der Waals surface area contributed by atoms with Gasteiger partial charge in [-0.2, -0.15) is 8.42 Å². The minimum Gasteiger partial charge on any atom is -0.276 e. The molecule has 0 aliphatic rings. The number of aromatic nitrogens is 2. The molecular weight excluding hydrogens is 227 g/mol. The van der Waals surface area contributed by atoms with Gasteiger partial charge in [0, 0.05) is 11.1 Å². The van der Waals surface area contributed by atoms with Gasteiger partial charge in [0.2, 0.25) is 0 Å². The fourth-order valence-electron chi connectivity index (χ4n) is 1.25. The highest BCUT2D eigenvalue weighted by molar-refractivity contribution is 7.86. The van der Waals surface area contributed by atoms with Crippen LogP contribution >= 0.6 is 11.3 Å². The van der Waals surface area contributed by atoms with E-state index in [4.69, 9.17) is 0 Å². The summed E-state index contributed by atoms with van der Waals surface area (Å²) in [5.41, 5.74) is 0.749. The minimum atomic E-state index is -4.68. The standard InChI is InChI=1S/C7H7FN2O2S2/c1-2-5-4-13-7-9-3-6(10(5)7)14(8,11)12/h3-4H,2H2,1H3. The molecule has 0 saturated carbocycles. The van der Waals surface area contributed by atoms with Crippen LogP contribution in [0, 0.1) is 0 Å². The number of hydrogen-bond acceptors (Lipinski definition) is 4. The number of rotatable bonds is 2. The van der Waals surface area contributed by atoms with Crippen LogP contribution in [-0.2, 0) is 16.6 Å². The summed E-state index contributed by atoms with van der Waals surface area (Å²) in [6.45, 7) is 1.87. The zero-order chi connectivity index (χ0) is 10.3. The number of aryl methyl sites for hydroxylation is 1. The summed E-state index contributed by atoms with van der Waals surface area (Å²) in [7, 11) is -4.68. The largest absolute Gasteiger partial charge is 0.349 e. The summed E-state index contributed by atoms with van der Waals surface area (Å²) >= 11 is 1.30. The molecule has 2 heterocycles. The van der Waals surface area contributed by atoms with E-state index in [1.807, 2.05) is 6.92 Å². The van der Waals surface area contributed by atoms with Crippen molar-refractivity contribution >= 4 is 26.5 Å². The molecule has 76 valence electrons. The van der Waals surface area contributed by atoms with Gasteiger partial charge in [0.25, 0.3) is 0 Å². The summed E-state index contributed by atoms with van der Waals surface area (Å²) in [6, 6.07) is 0. The molecule has 0 saturated heterocycles. The van der Waals surface area contributed by atoms with E-state index in [9.17, 15) is 12.3 Å². The zero-order valence-corrected chi connectivity index (χ0v) is 8.90. The molecule has 14 heavy (non-hydrogen) atoms. The number of hydrogen-bond donors (Lipinski definition) is 0. The van der Waals surface area contributed by atoms with E-state index < -0.39 is 10.2 Å². The van der Waals surface area contributed by atoms with E-state index >= 15 is 0 Å². The lowest BCUT2D eigenvalue weighted by Gasteiger charge is -1.96. The van der Waals surface area contributed by atoms with Gasteiger partial charge in [-0.1, -0.05) is 10.8 Å². The second kappa shape index (κ2) is 3.03. The molecule has 2 rings (SSSR count). The van der Waals surface area contributed by atoms with Gasteiger partial charge in [0.1, 0.15) is 0 Å². The van der Waals surface area contributed by atoms with Crippen LogP contribution in [0.1, 0.15) is 12.6 Å². The highest BCUT2D eigenvalue weighted by atomic mass is 32.3. The molecular formula is C7H7FN2O2S2. The quantitative estimate of drug-likeness (QED) is 0.742. The topological polar surface area (TPSA) is 51.4 Å². The second-order valence-electron chi connectivity index (χ2n) is 2.73. The van der Waals surface area contributed by atoms with Crippen molar-refractivity contribution in [2.45, 2.75) is 18.4 Å². The Kier molecular flexibility index (Phi) is 2.07. The predicted molar refractivity (Wildman–Crippen MR) is 50.7 cm³/mol. The molecule has 0 spiro atoms. The smallest absolute Gasteiger partial charge is 0.276 e. The Balaban J connectivity index is 2.84. The molecule has 0 N–H and O–H groups in total. The predicted octanol–water partition coefficient (Wildman–Crippen LogP) is 1.62. The minimum absolute atomic E-state index is 0.384. The highest BCUT2D eigenvalue weighted by Crippen LogP contribution is 2.22. The number of halogens is 1. The van der Waals surface area contributed by atoms with Crippen LogP contribution in [0.3, 0.4) is 0 Å². The molecule has 7 heteroatoms. The van der Waals surface area contributed by atoms with E-state index in [1.165, 1.54) is 15.7 Å². The molecule has 0 unspecified atom stereocenters. The van der Waals surface area contributed by atoms with Crippen molar-refractivity contribution in [3.05, 3.63) is 17.3 Å². The van der Waals surface area contributed by atoms with E-state index in [1.54, 1.807) is 5.38 Å². The molecule has 0 atom stereocenters. The first-order chi connectivity index (χ1) is 6.54. The fraction of sp³-hybridized carbons (Fsp3) is 0.286. The van der Waals surface area contributed by atoms with Crippen LogP contribution in [0.5, 0.6) is 0 Å². The molecule has 2 aromatic heterocycles. The van der Waals surface area contributed by atoms with E-state index in [0.717, 1.165) is 11.9 Å². The van der Waals surface area contributed by atoms with Crippen molar-refractivity contribution in [1.82, 2.24) is 9.38 Å². The third-order valence-corrected chi connectivity index (χ3v) is 3.57. The molecule has 2 aromatic rings. The van der Waals surface area contributed by atoms with Crippen LogP contribution < -0.4 is 0 Å². The van der Waals surface area contributed by atoms with Gasteiger partial charge < -0.3 is 0 Å². The Morgan fingerprint density at radius 2 is 2.36 bits per heavy atom. The van der Waals surface area contributed by atoms with Gasteiger partial charge in [-0.25, -0.2) is 4.98 Å². The van der Waals surface area contributed by atoms with Gasteiger partial charge in [-0.05, 0) is 6.42 Å². The number of imidazole rings is 1. The Bertz CT molecular complexity index is 570. The maximum atomic E-state index is 12.8. The lowest BCUT2D eigenvalue weighted by atomic mass is 10.4. The maximum absolute atomic E-state index is 12.8. The average Bonchev–Trinajstić information content (AvgIpc) is 2.59. The van der Waals surface area contributed by atoms with Gasteiger partial charge in [-0.15, -0.1) is 11.3 Å². The number of thiazole rings is 1. The van der Waals surface area contributed by atoms with Crippen molar-refractivity contribution in [3.63, 3.8) is 0 Å². The van der Waals surface area contributed by atoms with Crippen molar-refractivity contribution in [1.29, 1.82) is 0 Å². The third kappa shape index (κ3) is 1.32. The van der Waals surface area contributed by atoms with Crippen LogP contribution in [-0.4, -0.2) is 17.8 Å². The average molecular weight is 234 g/mol. The molecule has 0 aliphatic carbocycles. The summed E-state index contributed by atoms with van der Waals surface area (Å²) in [4.78, 5) is 4.31. The van der Waals surface area contributed by atoms with Crippen molar-refractivity contribution in [2.75, 3.05) is 0 Å². The van der Waals surface area contributed by atoms with Crippen LogP contribution in [0.2, 0.25) is 0 Å². The molecule has 0 amide bonds.